The molecule has 1 fully saturated rings. The number of para-hydroxylation sites is 2. The van der Waals surface area contributed by atoms with Crippen molar-refractivity contribution in [2.75, 3.05) is 0 Å². The van der Waals surface area contributed by atoms with Crippen molar-refractivity contribution in [3.05, 3.63) is 60.2 Å². The molecule has 1 aliphatic rings. The van der Waals surface area contributed by atoms with Crippen LogP contribution in [0.5, 0.6) is 0 Å². The van der Waals surface area contributed by atoms with Crippen LogP contribution in [0.2, 0.25) is 0 Å². The molecule has 3 aromatic rings. The summed E-state index contributed by atoms with van der Waals surface area (Å²) < 4.78 is 5.59. The van der Waals surface area contributed by atoms with E-state index >= 15 is 0 Å². The van der Waals surface area contributed by atoms with E-state index in [0.717, 1.165) is 16.6 Å². The summed E-state index contributed by atoms with van der Waals surface area (Å²) in [6.45, 7) is 0. The lowest BCUT2D eigenvalue weighted by Crippen LogP contribution is -2.21. The van der Waals surface area contributed by atoms with Crippen molar-refractivity contribution in [1.82, 2.24) is 15.3 Å². The number of hydrogen-bond donors (Lipinski definition) is 2. The molecule has 1 atom stereocenters. The summed E-state index contributed by atoms with van der Waals surface area (Å²) in [7, 11) is 0. The average molecular weight is 292 g/mol. The smallest absolute Gasteiger partial charge is 0.300 e. The van der Waals surface area contributed by atoms with Gasteiger partial charge in [-0.2, -0.15) is 4.99 Å². The van der Waals surface area contributed by atoms with E-state index < -0.39 is 6.10 Å². The highest BCUT2D eigenvalue weighted by Gasteiger charge is 2.32. The Kier molecular flexibility index (Phi) is 2.86. The Morgan fingerprint density at radius 3 is 2.64 bits per heavy atom. The predicted molar refractivity (Wildman–Crippen MR) is 81.6 cm³/mol. The average Bonchev–Trinajstić information content (AvgIpc) is 3.11. The first-order valence-corrected chi connectivity index (χ1v) is 6.85. The number of imidazole rings is 1. The molecule has 0 spiro atoms. The van der Waals surface area contributed by atoms with Crippen molar-refractivity contribution in [1.29, 1.82) is 0 Å². The third-order valence-corrected chi connectivity index (χ3v) is 3.38. The zero-order valence-corrected chi connectivity index (χ0v) is 11.5. The summed E-state index contributed by atoms with van der Waals surface area (Å²) in [6.07, 6.45) is -0.677. The minimum Gasteiger partial charge on any atom is -0.446 e. The van der Waals surface area contributed by atoms with E-state index in [2.05, 4.69) is 20.3 Å². The molecular formula is C16H12N4O2. The molecule has 108 valence electrons. The standard InChI is InChI=1S/C16H12N4O2/c21-14-13(10-6-2-1-3-7-10)22-16(19-14)20-15-17-11-8-4-5-9-12(11)18-15/h1-9,13H,(H2,17,18,19,20,21)/t13-/m0/s1. The number of H-pyrrole nitrogens is 1. The van der Waals surface area contributed by atoms with Gasteiger partial charge in [0, 0.05) is 5.56 Å². The molecule has 4 rings (SSSR count). The van der Waals surface area contributed by atoms with Crippen molar-refractivity contribution in [2.45, 2.75) is 6.10 Å². The van der Waals surface area contributed by atoms with Gasteiger partial charge < -0.3 is 9.72 Å². The molecule has 22 heavy (non-hydrogen) atoms. The third kappa shape index (κ3) is 2.20. The lowest BCUT2D eigenvalue weighted by atomic mass is 10.1. The normalized spacial score (nSPS) is 19.4. The zero-order valence-electron chi connectivity index (χ0n) is 11.5. The number of fused-ring (bicyclic) bond motifs is 1. The summed E-state index contributed by atoms with van der Waals surface area (Å²) in [6, 6.07) is 17.1. The molecule has 1 amide bonds. The second-order valence-electron chi connectivity index (χ2n) is 4.89. The molecule has 6 heteroatoms. The van der Waals surface area contributed by atoms with Crippen LogP contribution in [0.25, 0.3) is 11.0 Å². The van der Waals surface area contributed by atoms with Crippen LogP contribution >= 0.6 is 0 Å². The molecule has 0 saturated carbocycles. The molecule has 2 heterocycles. The molecule has 0 aliphatic carbocycles. The topological polar surface area (TPSA) is 79.4 Å². The molecule has 2 N–H and O–H groups in total. The Morgan fingerprint density at radius 2 is 1.82 bits per heavy atom. The van der Waals surface area contributed by atoms with Crippen LogP contribution in [0.4, 0.5) is 5.95 Å². The predicted octanol–water partition coefficient (Wildman–Crippen LogP) is 2.44. The number of rotatable bonds is 2. The molecular weight excluding hydrogens is 280 g/mol. The van der Waals surface area contributed by atoms with Gasteiger partial charge in [-0.25, -0.2) is 4.98 Å². The summed E-state index contributed by atoms with van der Waals surface area (Å²) in [4.78, 5) is 23.6. The van der Waals surface area contributed by atoms with Crippen molar-refractivity contribution >= 4 is 28.9 Å². The summed E-state index contributed by atoms with van der Waals surface area (Å²) >= 11 is 0. The number of ether oxygens (including phenoxy) is 1. The first-order valence-electron chi connectivity index (χ1n) is 6.85. The van der Waals surface area contributed by atoms with Crippen LogP contribution in [0.15, 0.2) is 59.6 Å². The number of amidine groups is 1. The van der Waals surface area contributed by atoms with Gasteiger partial charge in [-0.3, -0.25) is 10.1 Å². The van der Waals surface area contributed by atoms with Gasteiger partial charge in [0.1, 0.15) is 0 Å². The highest BCUT2D eigenvalue weighted by atomic mass is 16.5. The number of carbonyl (C=O) groups excluding carboxylic acids is 1. The molecule has 2 aromatic carbocycles. The van der Waals surface area contributed by atoms with E-state index in [1.54, 1.807) is 0 Å². The zero-order chi connectivity index (χ0) is 14.9. The Bertz CT molecular complexity index is 837. The maximum Gasteiger partial charge on any atom is 0.300 e. The van der Waals surface area contributed by atoms with E-state index in [0.29, 0.717) is 5.95 Å². The van der Waals surface area contributed by atoms with E-state index in [-0.39, 0.29) is 11.9 Å². The molecule has 1 aliphatic heterocycles. The molecule has 0 unspecified atom stereocenters. The Balaban J connectivity index is 1.62. The number of benzene rings is 2. The van der Waals surface area contributed by atoms with Crippen LogP contribution in [-0.4, -0.2) is 21.9 Å². The number of carbonyl (C=O) groups is 1. The van der Waals surface area contributed by atoms with Crippen molar-refractivity contribution in [3.8, 4) is 0 Å². The molecule has 0 bridgehead atoms. The maximum atomic E-state index is 12.0. The monoisotopic (exact) mass is 292 g/mol. The van der Waals surface area contributed by atoms with Crippen LogP contribution < -0.4 is 5.32 Å². The third-order valence-electron chi connectivity index (χ3n) is 3.38. The first-order chi connectivity index (χ1) is 10.8. The number of nitrogens with zero attached hydrogens (tertiary/aromatic N) is 2. The fourth-order valence-corrected chi connectivity index (χ4v) is 2.36. The largest absolute Gasteiger partial charge is 0.446 e. The highest BCUT2D eigenvalue weighted by molar-refractivity contribution is 6.03. The number of aliphatic imine (C=N–C) groups is 1. The van der Waals surface area contributed by atoms with Crippen molar-refractivity contribution in [2.24, 2.45) is 4.99 Å². The van der Waals surface area contributed by atoms with Gasteiger partial charge in [0.25, 0.3) is 5.91 Å². The quantitative estimate of drug-likeness (QED) is 0.761. The Labute approximate surface area is 125 Å². The van der Waals surface area contributed by atoms with E-state index in [4.69, 9.17) is 4.74 Å². The number of hydrogen-bond acceptors (Lipinski definition) is 4. The summed E-state index contributed by atoms with van der Waals surface area (Å²) in [5.74, 6) is 0.159. The van der Waals surface area contributed by atoms with Crippen LogP contribution in [0.3, 0.4) is 0 Å². The first kappa shape index (κ1) is 12.6. The van der Waals surface area contributed by atoms with Gasteiger partial charge in [-0.1, -0.05) is 42.5 Å². The summed E-state index contributed by atoms with van der Waals surface area (Å²) in [5, 5.41) is 2.62. The number of amides is 1. The lowest BCUT2D eigenvalue weighted by Gasteiger charge is -2.05. The maximum absolute atomic E-state index is 12.0. The minimum atomic E-state index is -0.677. The molecule has 1 aromatic heterocycles. The Hall–Kier alpha value is -3.15. The second-order valence-corrected chi connectivity index (χ2v) is 4.89. The molecule has 6 nitrogen and oxygen atoms in total. The van der Waals surface area contributed by atoms with Gasteiger partial charge in [-0.05, 0) is 12.1 Å². The van der Waals surface area contributed by atoms with Gasteiger partial charge in [-0.15, -0.1) is 0 Å². The molecule has 1 saturated heterocycles. The number of aromatic amines is 1. The van der Waals surface area contributed by atoms with Gasteiger partial charge in [0.05, 0.1) is 11.0 Å². The minimum absolute atomic E-state index is 0.151. The highest BCUT2D eigenvalue weighted by Crippen LogP contribution is 2.23. The SMILES string of the molecule is O=C1NC(=Nc2nc3ccccc3[nH]2)O[C@H]1c1ccccc1. The Morgan fingerprint density at radius 1 is 1.05 bits per heavy atom. The number of nitrogens with one attached hydrogen (secondary N) is 2. The van der Waals surface area contributed by atoms with Gasteiger partial charge in [0.2, 0.25) is 12.1 Å². The van der Waals surface area contributed by atoms with E-state index in [1.807, 2.05) is 54.6 Å². The summed E-state index contributed by atoms with van der Waals surface area (Å²) in [5.41, 5.74) is 2.48. The number of aromatic nitrogens is 2. The van der Waals surface area contributed by atoms with Crippen LogP contribution in [-0.2, 0) is 9.53 Å². The molecule has 0 radical (unpaired) electrons. The fraction of sp³-hybridized carbons (Fsp3) is 0.0625. The van der Waals surface area contributed by atoms with E-state index in [1.165, 1.54) is 0 Å². The van der Waals surface area contributed by atoms with Crippen LogP contribution in [0.1, 0.15) is 11.7 Å². The van der Waals surface area contributed by atoms with Crippen molar-refractivity contribution in [3.63, 3.8) is 0 Å². The lowest BCUT2D eigenvalue weighted by molar-refractivity contribution is -0.123. The van der Waals surface area contributed by atoms with Crippen molar-refractivity contribution < 1.29 is 9.53 Å². The van der Waals surface area contributed by atoms with Gasteiger partial charge >= 0.3 is 6.02 Å². The van der Waals surface area contributed by atoms with Gasteiger partial charge in [0.15, 0.2) is 0 Å². The van der Waals surface area contributed by atoms with E-state index in [9.17, 15) is 4.79 Å². The van der Waals surface area contributed by atoms with Crippen LogP contribution in [0, 0.1) is 0 Å². The second kappa shape index (κ2) is 5.00. The fourth-order valence-electron chi connectivity index (χ4n) is 2.36.